The Kier molecular flexibility index (Phi) is 3.80. The summed E-state index contributed by atoms with van der Waals surface area (Å²) < 4.78 is 11.2. The molecule has 2 aromatic rings. The fourth-order valence-corrected chi connectivity index (χ4v) is 3.75. The lowest BCUT2D eigenvalue weighted by atomic mass is 9.74. The van der Waals surface area contributed by atoms with Gasteiger partial charge in [0.1, 0.15) is 17.2 Å². The molecule has 4 rings (SSSR count). The molecule has 2 aliphatic rings. The van der Waals surface area contributed by atoms with E-state index in [4.69, 9.17) is 9.47 Å². The number of aliphatic hydroxyl groups is 1. The van der Waals surface area contributed by atoms with Gasteiger partial charge in [-0.1, -0.05) is 6.07 Å². The predicted octanol–water partition coefficient (Wildman–Crippen LogP) is 1.10. The number of ether oxygens (including phenoxy) is 2. The first-order valence-electron chi connectivity index (χ1n) is 8.14. The molecular formula is C18H19N3O4. The van der Waals surface area contributed by atoms with Crippen LogP contribution in [0.25, 0.3) is 0 Å². The standard InChI is InChI=1S/C18H19N3O4/c1-24-12-2-3-13-14-8-21(17(23)15-7-19-4-5-20-15)9-18(14,10-22)11-25-16(13)6-12/h2-7,14,22H,8-11H2,1H3. The number of carbonyl (C=O) groups excluding carboxylic acids is 1. The Labute approximate surface area is 145 Å². The number of aliphatic hydroxyl groups excluding tert-OH is 1. The van der Waals surface area contributed by atoms with Crippen molar-refractivity contribution in [2.24, 2.45) is 5.41 Å². The minimum absolute atomic E-state index is 0.00720. The molecule has 130 valence electrons. The van der Waals surface area contributed by atoms with E-state index in [9.17, 15) is 9.90 Å². The van der Waals surface area contributed by atoms with Crippen LogP contribution in [0.1, 0.15) is 22.0 Å². The van der Waals surface area contributed by atoms with Crippen molar-refractivity contribution in [3.63, 3.8) is 0 Å². The number of rotatable bonds is 3. The van der Waals surface area contributed by atoms with Gasteiger partial charge in [0, 0.05) is 43.0 Å². The lowest BCUT2D eigenvalue weighted by Crippen LogP contribution is -2.42. The van der Waals surface area contributed by atoms with Crippen LogP contribution in [-0.2, 0) is 0 Å². The van der Waals surface area contributed by atoms with Crippen LogP contribution in [0.3, 0.4) is 0 Å². The average Bonchev–Trinajstić information content (AvgIpc) is 3.08. The van der Waals surface area contributed by atoms with Gasteiger partial charge < -0.3 is 19.5 Å². The van der Waals surface area contributed by atoms with Gasteiger partial charge >= 0.3 is 0 Å². The second-order valence-electron chi connectivity index (χ2n) is 6.54. The quantitative estimate of drug-likeness (QED) is 0.900. The van der Waals surface area contributed by atoms with E-state index in [2.05, 4.69) is 9.97 Å². The Morgan fingerprint density at radius 3 is 3.08 bits per heavy atom. The monoisotopic (exact) mass is 341 g/mol. The molecule has 2 unspecified atom stereocenters. The zero-order valence-corrected chi connectivity index (χ0v) is 13.9. The van der Waals surface area contributed by atoms with Crippen molar-refractivity contribution < 1.29 is 19.4 Å². The SMILES string of the molecule is COc1ccc2c(c1)OCC1(CO)CN(C(=O)c3cnccn3)CC21. The number of likely N-dealkylation sites (tertiary alicyclic amines) is 1. The van der Waals surface area contributed by atoms with Gasteiger partial charge in [0.05, 0.1) is 31.9 Å². The first kappa shape index (κ1) is 15.8. The van der Waals surface area contributed by atoms with Crippen molar-refractivity contribution >= 4 is 5.91 Å². The molecule has 0 spiro atoms. The smallest absolute Gasteiger partial charge is 0.274 e. The first-order chi connectivity index (χ1) is 12.2. The van der Waals surface area contributed by atoms with Crippen LogP contribution in [-0.4, -0.2) is 59.3 Å². The summed E-state index contributed by atoms with van der Waals surface area (Å²) in [6.45, 7) is 1.25. The molecule has 1 N–H and O–H groups in total. The summed E-state index contributed by atoms with van der Waals surface area (Å²) in [6.07, 6.45) is 4.50. The third-order valence-corrected chi connectivity index (χ3v) is 5.14. The maximum Gasteiger partial charge on any atom is 0.274 e. The molecule has 1 amide bonds. The maximum atomic E-state index is 12.7. The van der Waals surface area contributed by atoms with Crippen molar-refractivity contribution in [1.82, 2.24) is 14.9 Å². The summed E-state index contributed by atoms with van der Waals surface area (Å²) in [5.74, 6) is 1.31. The van der Waals surface area contributed by atoms with Gasteiger partial charge in [0.15, 0.2) is 0 Å². The van der Waals surface area contributed by atoms with Crippen molar-refractivity contribution in [3.8, 4) is 11.5 Å². The van der Waals surface area contributed by atoms with Crippen molar-refractivity contribution in [2.45, 2.75) is 5.92 Å². The lowest BCUT2D eigenvalue weighted by Gasteiger charge is -2.37. The van der Waals surface area contributed by atoms with Gasteiger partial charge in [0.25, 0.3) is 5.91 Å². The molecule has 2 atom stereocenters. The Morgan fingerprint density at radius 2 is 2.36 bits per heavy atom. The lowest BCUT2D eigenvalue weighted by molar-refractivity contribution is 0.0438. The molecule has 0 bridgehead atoms. The summed E-state index contributed by atoms with van der Waals surface area (Å²) in [6, 6.07) is 5.69. The summed E-state index contributed by atoms with van der Waals surface area (Å²) in [5, 5.41) is 10.1. The number of amides is 1. The highest BCUT2D eigenvalue weighted by Crippen LogP contribution is 2.50. The molecule has 0 aliphatic carbocycles. The Balaban J connectivity index is 1.67. The number of fused-ring (bicyclic) bond motifs is 3. The average molecular weight is 341 g/mol. The van der Waals surface area contributed by atoms with E-state index in [1.165, 1.54) is 18.6 Å². The predicted molar refractivity (Wildman–Crippen MR) is 88.7 cm³/mol. The minimum Gasteiger partial charge on any atom is -0.497 e. The zero-order valence-electron chi connectivity index (χ0n) is 13.9. The van der Waals surface area contributed by atoms with Gasteiger partial charge in [-0.2, -0.15) is 0 Å². The largest absolute Gasteiger partial charge is 0.497 e. The number of hydrogen-bond acceptors (Lipinski definition) is 6. The topological polar surface area (TPSA) is 84.8 Å². The van der Waals surface area contributed by atoms with Gasteiger partial charge in [-0.25, -0.2) is 4.98 Å². The molecule has 3 heterocycles. The zero-order chi connectivity index (χ0) is 17.4. The molecular weight excluding hydrogens is 322 g/mol. The van der Waals surface area contributed by atoms with Crippen molar-refractivity contribution in [3.05, 3.63) is 48.0 Å². The highest BCUT2D eigenvalue weighted by molar-refractivity contribution is 5.92. The Morgan fingerprint density at radius 1 is 1.48 bits per heavy atom. The van der Waals surface area contributed by atoms with Crippen LogP contribution in [0.2, 0.25) is 0 Å². The molecule has 1 saturated heterocycles. The number of nitrogens with zero attached hydrogens (tertiary/aromatic N) is 3. The van der Waals surface area contributed by atoms with Crippen LogP contribution >= 0.6 is 0 Å². The number of methoxy groups -OCH3 is 1. The molecule has 0 saturated carbocycles. The minimum atomic E-state index is -0.501. The maximum absolute atomic E-state index is 12.7. The Bertz CT molecular complexity index is 798. The number of aromatic nitrogens is 2. The van der Waals surface area contributed by atoms with Crippen LogP contribution in [0.5, 0.6) is 11.5 Å². The summed E-state index contributed by atoms with van der Waals surface area (Å²) in [4.78, 5) is 22.5. The van der Waals surface area contributed by atoms with Crippen LogP contribution < -0.4 is 9.47 Å². The van der Waals surface area contributed by atoms with E-state index >= 15 is 0 Å². The highest BCUT2D eigenvalue weighted by atomic mass is 16.5. The Hall–Kier alpha value is -2.67. The van der Waals surface area contributed by atoms with E-state index in [1.54, 1.807) is 12.0 Å². The second kappa shape index (κ2) is 6.00. The van der Waals surface area contributed by atoms with Crippen molar-refractivity contribution in [1.29, 1.82) is 0 Å². The highest BCUT2D eigenvalue weighted by Gasteiger charge is 2.52. The molecule has 0 radical (unpaired) electrons. The third kappa shape index (κ3) is 2.51. The fourth-order valence-electron chi connectivity index (χ4n) is 3.75. The van der Waals surface area contributed by atoms with E-state index in [-0.39, 0.29) is 18.4 Å². The second-order valence-corrected chi connectivity index (χ2v) is 6.54. The molecule has 1 aromatic heterocycles. The molecule has 7 nitrogen and oxygen atoms in total. The summed E-state index contributed by atoms with van der Waals surface area (Å²) >= 11 is 0. The van der Waals surface area contributed by atoms with E-state index in [0.717, 1.165) is 17.1 Å². The molecule has 1 fully saturated rings. The van der Waals surface area contributed by atoms with Gasteiger partial charge in [0.2, 0.25) is 0 Å². The van der Waals surface area contributed by atoms with Gasteiger partial charge in [-0.15, -0.1) is 0 Å². The van der Waals surface area contributed by atoms with Crippen LogP contribution in [0.15, 0.2) is 36.8 Å². The summed E-state index contributed by atoms with van der Waals surface area (Å²) in [7, 11) is 1.61. The molecule has 7 heteroatoms. The van der Waals surface area contributed by atoms with Crippen LogP contribution in [0, 0.1) is 5.41 Å². The van der Waals surface area contributed by atoms with E-state index in [1.807, 2.05) is 18.2 Å². The summed E-state index contributed by atoms with van der Waals surface area (Å²) in [5.41, 5.74) is 0.806. The molecule has 25 heavy (non-hydrogen) atoms. The van der Waals surface area contributed by atoms with Crippen LogP contribution in [0.4, 0.5) is 0 Å². The number of hydrogen-bond donors (Lipinski definition) is 1. The first-order valence-corrected chi connectivity index (χ1v) is 8.14. The van der Waals surface area contributed by atoms with E-state index in [0.29, 0.717) is 25.4 Å². The third-order valence-electron chi connectivity index (χ3n) is 5.14. The normalized spacial score (nSPS) is 24.2. The molecule has 1 aromatic carbocycles. The number of carbonyl (C=O) groups is 1. The van der Waals surface area contributed by atoms with Gasteiger partial charge in [-0.3, -0.25) is 9.78 Å². The molecule has 2 aliphatic heterocycles. The van der Waals surface area contributed by atoms with Gasteiger partial charge in [-0.05, 0) is 6.07 Å². The fraction of sp³-hybridized carbons (Fsp3) is 0.389. The number of benzene rings is 1. The van der Waals surface area contributed by atoms with Crippen molar-refractivity contribution in [2.75, 3.05) is 33.4 Å². The van der Waals surface area contributed by atoms with E-state index < -0.39 is 5.41 Å².